The number of piperidine rings is 1. The molecule has 0 aliphatic carbocycles. The molecule has 1 aromatic rings. The van der Waals surface area contributed by atoms with Crippen LogP contribution in [0.3, 0.4) is 0 Å². The van der Waals surface area contributed by atoms with Gasteiger partial charge in [0, 0.05) is 18.5 Å². The second kappa shape index (κ2) is 5.16. The van der Waals surface area contributed by atoms with Crippen molar-refractivity contribution in [2.75, 3.05) is 6.54 Å². The number of nitrogens with one attached hydrogen (secondary N) is 3. The van der Waals surface area contributed by atoms with Gasteiger partial charge in [-0.3, -0.25) is 19.7 Å². The van der Waals surface area contributed by atoms with Crippen molar-refractivity contribution in [2.24, 2.45) is 0 Å². The Kier molecular flexibility index (Phi) is 3.23. The van der Waals surface area contributed by atoms with E-state index in [1.165, 1.54) is 5.56 Å². The predicted octanol–water partition coefficient (Wildman–Crippen LogP) is 0.184. The zero-order valence-corrected chi connectivity index (χ0v) is 12.8. The Balaban J connectivity index is 1.70. The van der Waals surface area contributed by atoms with Crippen molar-refractivity contribution < 1.29 is 14.4 Å². The van der Waals surface area contributed by atoms with Gasteiger partial charge >= 0.3 is 0 Å². The predicted molar refractivity (Wildman–Crippen MR) is 82.8 cm³/mol. The van der Waals surface area contributed by atoms with Crippen LogP contribution in [0.1, 0.15) is 46.3 Å². The molecule has 3 aliphatic rings. The van der Waals surface area contributed by atoms with Crippen LogP contribution in [-0.2, 0) is 29.0 Å². The highest BCUT2D eigenvalue weighted by atomic mass is 16.2. The topological polar surface area (TPSA) is 87.3 Å². The third-order valence-corrected chi connectivity index (χ3v) is 5.20. The first kappa shape index (κ1) is 14.4. The van der Waals surface area contributed by atoms with Crippen LogP contribution in [0.2, 0.25) is 0 Å². The highest BCUT2D eigenvalue weighted by Gasteiger charge is 2.45. The summed E-state index contributed by atoms with van der Waals surface area (Å²) < 4.78 is 0. The molecular weight excluding hydrogens is 294 g/mol. The van der Waals surface area contributed by atoms with E-state index in [4.69, 9.17) is 0 Å². The lowest BCUT2D eigenvalue weighted by atomic mass is 9.84. The zero-order chi connectivity index (χ0) is 16.0. The largest absolute Gasteiger partial charge is 0.338 e. The van der Waals surface area contributed by atoms with Gasteiger partial charge in [-0.15, -0.1) is 0 Å². The van der Waals surface area contributed by atoms with E-state index in [0.29, 0.717) is 24.8 Å². The Morgan fingerprint density at radius 3 is 2.57 bits per heavy atom. The van der Waals surface area contributed by atoms with Gasteiger partial charge in [0.25, 0.3) is 11.8 Å². The fraction of sp³-hybridized carbons (Fsp3) is 0.471. The molecule has 0 radical (unpaired) electrons. The summed E-state index contributed by atoms with van der Waals surface area (Å²) in [6, 6.07) is 4.08. The summed E-state index contributed by atoms with van der Waals surface area (Å²) in [4.78, 5) is 36.4. The monoisotopic (exact) mass is 313 g/mol. The standard InChI is InChI=1S/C17H19N3O3/c21-14-2-5-17(16(23)19-14)4-1-11-7-10-3-6-18-9-12(10)8-13(11)15(22)20-17/h7-8,18H,1-6,9H2,(H,20,22)(H,19,21,23). The fourth-order valence-corrected chi connectivity index (χ4v) is 3.80. The zero-order valence-electron chi connectivity index (χ0n) is 12.8. The summed E-state index contributed by atoms with van der Waals surface area (Å²) in [6.07, 6.45) is 2.80. The average Bonchev–Trinajstić information content (AvgIpc) is 2.68. The fourth-order valence-electron chi connectivity index (χ4n) is 3.80. The third kappa shape index (κ3) is 2.34. The van der Waals surface area contributed by atoms with E-state index in [9.17, 15) is 14.4 Å². The van der Waals surface area contributed by atoms with Crippen LogP contribution in [-0.4, -0.2) is 29.8 Å². The molecule has 3 amide bonds. The normalized spacial score (nSPS) is 26.9. The summed E-state index contributed by atoms with van der Waals surface area (Å²) in [5.41, 5.74) is 3.15. The number of rotatable bonds is 0. The third-order valence-electron chi connectivity index (χ3n) is 5.20. The molecule has 3 aliphatic heterocycles. The van der Waals surface area contributed by atoms with Gasteiger partial charge in [0.15, 0.2) is 0 Å². The quantitative estimate of drug-likeness (QED) is 0.597. The molecule has 3 heterocycles. The molecule has 3 N–H and O–H groups in total. The van der Waals surface area contributed by atoms with Gasteiger partial charge < -0.3 is 10.6 Å². The van der Waals surface area contributed by atoms with E-state index < -0.39 is 5.54 Å². The molecule has 1 fully saturated rings. The Morgan fingerprint density at radius 1 is 0.913 bits per heavy atom. The van der Waals surface area contributed by atoms with Gasteiger partial charge in [-0.1, -0.05) is 6.07 Å². The minimum atomic E-state index is -0.956. The molecule has 120 valence electrons. The van der Waals surface area contributed by atoms with E-state index in [1.807, 2.05) is 6.07 Å². The molecule has 1 saturated heterocycles. The summed E-state index contributed by atoms with van der Waals surface area (Å²) in [6.45, 7) is 1.72. The van der Waals surface area contributed by atoms with E-state index in [0.717, 1.165) is 30.6 Å². The number of hydrogen-bond acceptors (Lipinski definition) is 4. The van der Waals surface area contributed by atoms with E-state index >= 15 is 0 Å². The van der Waals surface area contributed by atoms with E-state index in [-0.39, 0.29) is 24.1 Å². The molecule has 0 saturated carbocycles. The van der Waals surface area contributed by atoms with Crippen LogP contribution in [0.25, 0.3) is 0 Å². The van der Waals surface area contributed by atoms with Crippen molar-refractivity contribution in [1.82, 2.24) is 16.0 Å². The SMILES string of the molecule is O=C1CCC2(CCc3cc4c(cc3C(=O)N2)CNCC4)C(=O)N1. The molecular formula is C17H19N3O3. The molecule has 0 bridgehead atoms. The highest BCUT2D eigenvalue weighted by molar-refractivity contribution is 6.07. The first-order chi connectivity index (χ1) is 11.1. The second-order valence-electron chi connectivity index (χ2n) is 6.62. The lowest BCUT2D eigenvalue weighted by Gasteiger charge is -2.34. The molecule has 1 aromatic carbocycles. The molecule has 6 nitrogen and oxygen atoms in total. The van der Waals surface area contributed by atoms with Gasteiger partial charge in [-0.05, 0) is 55.0 Å². The molecule has 23 heavy (non-hydrogen) atoms. The van der Waals surface area contributed by atoms with Crippen molar-refractivity contribution in [3.05, 3.63) is 34.4 Å². The Hall–Kier alpha value is -2.21. The maximum Gasteiger partial charge on any atom is 0.252 e. The van der Waals surface area contributed by atoms with Crippen molar-refractivity contribution in [3.63, 3.8) is 0 Å². The van der Waals surface area contributed by atoms with Crippen molar-refractivity contribution >= 4 is 17.7 Å². The number of carbonyl (C=O) groups excluding carboxylic acids is 3. The Bertz CT molecular complexity index is 728. The van der Waals surface area contributed by atoms with E-state index in [1.54, 1.807) is 0 Å². The minimum Gasteiger partial charge on any atom is -0.338 e. The number of amides is 3. The number of imide groups is 1. The Labute approximate surface area is 134 Å². The van der Waals surface area contributed by atoms with Crippen LogP contribution >= 0.6 is 0 Å². The van der Waals surface area contributed by atoms with Gasteiger partial charge in [-0.2, -0.15) is 0 Å². The van der Waals surface area contributed by atoms with Crippen LogP contribution in [0.15, 0.2) is 12.1 Å². The minimum absolute atomic E-state index is 0.213. The summed E-state index contributed by atoms with van der Waals surface area (Å²) in [5.74, 6) is -0.852. The molecule has 6 heteroatoms. The van der Waals surface area contributed by atoms with Gasteiger partial charge in [0.1, 0.15) is 5.54 Å². The maximum absolute atomic E-state index is 12.7. The number of hydrogen-bond donors (Lipinski definition) is 3. The lowest BCUT2D eigenvalue weighted by molar-refractivity contribution is -0.138. The summed E-state index contributed by atoms with van der Waals surface area (Å²) in [5, 5.41) is 8.59. The number of benzene rings is 1. The van der Waals surface area contributed by atoms with E-state index in [2.05, 4.69) is 22.0 Å². The van der Waals surface area contributed by atoms with Crippen molar-refractivity contribution in [1.29, 1.82) is 0 Å². The van der Waals surface area contributed by atoms with Crippen LogP contribution in [0.4, 0.5) is 0 Å². The number of fused-ring (bicyclic) bond motifs is 2. The Morgan fingerprint density at radius 2 is 1.74 bits per heavy atom. The van der Waals surface area contributed by atoms with Crippen LogP contribution in [0.5, 0.6) is 0 Å². The number of aryl methyl sites for hydroxylation is 1. The smallest absolute Gasteiger partial charge is 0.252 e. The number of carbonyl (C=O) groups is 3. The molecule has 4 rings (SSSR count). The molecule has 1 unspecified atom stereocenters. The van der Waals surface area contributed by atoms with Crippen LogP contribution in [0, 0.1) is 0 Å². The van der Waals surface area contributed by atoms with Gasteiger partial charge in [0.2, 0.25) is 5.91 Å². The summed E-state index contributed by atoms with van der Waals surface area (Å²) >= 11 is 0. The average molecular weight is 313 g/mol. The lowest BCUT2D eigenvalue weighted by Crippen LogP contribution is -2.62. The highest BCUT2D eigenvalue weighted by Crippen LogP contribution is 2.30. The second-order valence-corrected chi connectivity index (χ2v) is 6.62. The van der Waals surface area contributed by atoms with Gasteiger partial charge in [0.05, 0.1) is 0 Å². The van der Waals surface area contributed by atoms with Crippen LogP contribution < -0.4 is 16.0 Å². The van der Waals surface area contributed by atoms with Crippen molar-refractivity contribution in [2.45, 2.75) is 44.2 Å². The first-order valence-corrected chi connectivity index (χ1v) is 8.10. The summed E-state index contributed by atoms with van der Waals surface area (Å²) in [7, 11) is 0. The maximum atomic E-state index is 12.7. The molecule has 1 spiro atoms. The van der Waals surface area contributed by atoms with Crippen molar-refractivity contribution in [3.8, 4) is 0 Å². The molecule has 0 aromatic heterocycles. The van der Waals surface area contributed by atoms with Gasteiger partial charge in [-0.25, -0.2) is 0 Å². The molecule has 1 atom stereocenters. The first-order valence-electron chi connectivity index (χ1n) is 8.10.